The van der Waals surface area contributed by atoms with Gasteiger partial charge in [-0.05, 0) is 25.8 Å². The van der Waals surface area contributed by atoms with Gasteiger partial charge in [-0.1, -0.05) is 0 Å². The van der Waals surface area contributed by atoms with Crippen LogP contribution in [-0.2, 0) is 11.3 Å². The monoisotopic (exact) mass is 370 g/mol. The molecule has 3 aromatic rings. The highest BCUT2D eigenvalue weighted by molar-refractivity contribution is 5.95. The van der Waals surface area contributed by atoms with Crippen LogP contribution in [0.25, 0.3) is 5.78 Å². The Morgan fingerprint density at radius 3 is 2.93 bits per heavy atom. The molecule has 9 heteroatoms. The molecular formula is C18H22N6O3. The summed E-state index contributed by atoms with van der Waals surface area (Å²) in [6.07, 6.45) is 4.74. The van der Waals surface area contributed by atoms with E-state index in [1.165, 1.54) is 12.6 Å². The lowest BCUT2D eigenvalue weighted by Gasteiger charge is -2.33. The minimum Gasteiger partial charge on any atom is -0.469 e. The number of ether oxygens (including phenoxy) is 1. The summed E-state index contributed by atoms with van der Waals surface area (Å²) in [7, 11) is 1.64. The molecule has 4 rings (SSSR count). The zero-order chi connectivity index (χ0) is 18.8. The average molecular weight is 370 g/mol. The summed E-state index contributed by atoms with van der Waals surface area (Å²) in [6, 6.07) is 3.82. The molecule has 1 fully saturated rings. The third kappa shape index (κ3) is 3.50. The Bertz CT molecular complexity index is 942. The molecule has 0 spiro atoms. The molecule has 0 radical (unpaired) electrons. The van der Waals surface area contributed by atoms with E-state index < -0.39 is 0 Å². The topological polar surface area (TPSA) is 97.8 Å². The van der Waals surface area contributed by atoms with Crippen molar-refractivity contribution in [3.8, 4) is 0 Å². The number of amides is 1. The van der Waals surface area contributed by atoms with Crippen molar-refractivity contribution < 1.29 is 13.9 Å². The number of aryl methyl sites for hydroxylation is 1. The number of hydrogen-bond donors (Lipinski definition) is 1. The molecule has 9 nitrogen and oxygen atoms in total. The van der Waals surface area contributed by atoms with Crippen LogP contribution in [0.1, 0.15) is 34.7 Å². The summed E-state index contributed by atoms with van der Waals surface area (Å²) < 4.78 is 12.2. The summed E-state index contributed by atoms with van der Waals surface area (Å²) >= 11 is 0. The Morgan fingerprint density at radius 1 is 1.41 bits per heavy atom. The molecule has 0 atom stereocenters. The van der Waals surface area contributed by atoms with Gasteiger partial charge in [0.1, 0.15) is 17.9 Å². The number of fused-ring (bicyclic) bond motifs is 1. The molecule has 1 aliphatic rings. The van der Waals surface area contributed by atoms with Gasteiger partial charge in [-0.15, -0.1) is 0 Å². The predicted molar refractivity (Wildman–Crippen MR) is 97.6 cm³/mol. The van der Waals surface area contributed by atoms with Gasteiger partial charge in [0.25, 0.3) is 11.7 Å². The summed E-state index contributed by atoms with van der Waals surface area (Å²) in [5.41, 5.74) is 1.42. The van der Waals surface area contributed by atoms with E-state index in [2.05, 4.69) is 25.3 Å². The van der Waals surface area contributed by atoms with Crippen LogP contribution in [0, 0.1) is 6.92 Å². The Labute approximate surface area is 156 Å². The molecule has 0 bridgehead atoms. The van der Waals surface area contributed by atoms with Crippen LogP contribution < -0.4 is 10.2 Å². The Hall–Kier alpha value is -2.94. The van der Waals surface area contributed by atoms with Crippen LogP contribution >= 0.6 is 0 Å². The highest BCUT2D eigenvalue weighted by Crippen LogP contribution is 2.22. The highest BCUT2D eigenvalue weighted by Gasteiger charge is 2.24. The van der Waals surface area contributed by atoms with Crippen LogP contribution in [0.4, 0.5) is 5.82 Å². The number of nitrogens with one attached hydrogen (secondary N) is 1. The summed E-state index contributed by atoms with van der Waals surface area (Å²) in [4.78, 5) is 23.3. The number of rotatable bonds is 5. The molecule has 1 amide bonds. The van der Waals surface area contributed by atoms with Gasteiger partial charge in [0.05, 0.1) is 24.1 Å². The third-order valence-electron chi connectivity index (χ3n) is 4.84. The molecule has 0 unspecified atom stereocenters. The van der Waals surface area contributed by atoms with E-state index in [0.29, 0.717) is 23.7 Å². The normalized spacial score (nSPS) is 15.4. The molecule has 0 aromatic carbocycles. The van der Waals surface area contributed by atoms with Crippen molar-refractivity contribution >= 4 is 17.5 Å². The molecule has 1 saturated heterocycles. The zero-order valence-electron chi connectivity index (χ0n) is 15.4. The van der Waals surface area contributed by atoms with Gasteiger partial charge in [0.2, 0.25) is 0 Å². The van der Waals surface area contributed by atoms with Crippen LogP contribution in [0.15, 0.2) is 29.1 Å². The SMILES string of the molecule is COCc1cc(N2CCC(NC(=O)c3ccoc3C)CC2)n2ncnc2n1. The van der Waals surface area contributed by atoms with Gasteiger partial charge < -0.3 is 19.4 Å². The number of aromatic nitrogens is 4. The van der Waals surface area contributed by atoms with Gasteiger partial charge in [0.15, 0.2) is 0 Å². The van der Waals surface area contributed by atoms with Gasteiger partial charge in [-0.3, -0.25) is 4.79 Å². The first-order chi connectivity index (χ1) is 13.2. The fourth-order valence-corrected chi connectivity index (χ4v) is 3.43. The van der Waals surface area contributed by atoms with E-state index >= 15 is 0 Å². The molecule has 1 N–H and O–H groups in total. The third-order valence-corrected chi connectivity index (χ3v) is 4.84. The van der Waals surface area contributed by atoms with E-state index in [9.17, 15) is 4.79 Å². The fraction of sp³-hybridized carbons (Fsp3) is 0.444. The van der Waals surface area contributed by atoms with Crippen molar-refractivity contribution in [3.63, 3.8) is 0 Å². The maximum atomic E-state index is 12.4. The lowest BCUT2D eigenvalue weighted by molar-refractivity contribution is 0.0929. The lowest BCUT2D eigenvalue weighted by atomic mass is 10.0. The van der Waals surface area contributed by atoms with Crippen LogP contribution in [-0.4, -0.2) is 51.7 Å². The second kappa shape index (κ2) is 7.36. The number of hydrogen-bond acceptors (Lipinski definition) is 7. The second-order valence-electron chi connectivity index (χ2n) is 6.64. The van der Waals surface area contributed by atoms with Crippen molar-refractivity contribution in [1.82, 2.24) is 24.9 Å². The van der Waals surface area contributed by atoms with Crippen molar-refractivity contribution in [2.75, 3.05) is 25.1 Å². The Kier molecular flexibility index (Phi) is 4.76. The molecule has 142 valence electrons. The van der Waals surface area contributed by atoms with Gasteiger partial charge >= 0.3 is 0 Å². The van der Waals surface area contributed by atoms with Gasteiger partial charge in [-0.2, -0.15) is 14.6 Å². The zero-order valence-corrected chi connectivity index (χ0v) is 15.4. The Morgan fingerprint density at radius 2 is 2.22 bits per heavy atom. The quantitative estimate of drug-likeness (QED) is 0.728. The molecule has 3 aromatic heterocycles. The molecule has 1 aliphatic heterocycles. The van der Waals surface area contributed by atoms with Crippen LogP contribution in [0.2, 0.25) is 0 Å². The largest absolute Gasteiger partial charge is 0.469 e. The van der Waals surface area contributed by atoms with E-state index in [0.717, 1.165) is 37.4 Å². The summed E-state index contributed by atoms with van der Waals surface area (Å²) in [5, 5.41) is 7.39. The maximum Gasteiger partial charge on any atom is 0.255 e. The molecule has 27 heavy (non-hydrogen) atoms. The number of carbonyl (C=O) groups is 1. The number of anilines is 1. The summed E-state index contributed by atoms with van der Waals surface area (Å²) in [5.74, 6) is 2.07. The van der Waals surface area contributed by atoms with Crippen molar-refractivity contribution in [2.24, 2.45) is 0 Å². The lowest BCUT2D eigenvalue weighted by Crippen LogP contribution is -2.45. The van der Waals surface area contributed by atoms with Crippen LogP contribution in [0.3, 0.4) is 0 Å². The number of furan rings is 1. The smallest absolute Gasteiger partial charge is 0.255 e. The molecule has 4 heterocycles. The Balaban J connectivity index is 1.45. The highest BCUT2D eigenvalue weighted by atomic mass is 16.5. The van der Waals surface area contributed by atoms with Gasteiger partial charge in [0, 0.05) is 32.3 Å². The number of methoxy groups -OCH3 is 1. The van der Waals surface area contributed by atoms with Crippen molar-refractivity contribution in [3.05, 3.63) is 41.7 Å². The molecule has 0 saturated carbocycles. The second-order valence-corrected chi connectivity index (χ2v) is 6.64. The number of nitrogens with zero attached hydrogens (tertiary/aromatic N) is 5. The van der Waals surface area contributed by atoms with E-state index in [1.807, 2.05) is 6.07 Å². The number of piperidine rings is 1. The minimum atomic E-state index is -0.0790. The average Bonchev–Trinajstić information content (AvgIpc) is 3.30. The predicted octanol–water partition coefficient (Wildman–Crippen LogP) is 1.57. The molecular weight excluding hydrogens is 348 g/mol. The van der Waals surface area contributed by atoms with Crippen molar-refractivity contribution in [1.29, 1.82) is 0 Å². The fourth-order valence-electron chi connectivity index (χ4n) is 3.43. The summed E-state index contributed by atoms with van der Waals surface area (Å²) in [6.45, 7) is 3.83. The van der Waals surface area contributed by atoms with E-state index in [1.54, 1.807) is 24.6 Å². The van der Waals surface area contributed by atoms with Crippen molar-refractivity contribution in [2.45, 2.75) is 32.4 Å². The molecule has 0 aliphatic carbocycles. The van der Waals surface area contributed by atoms with Gasteiger partial charge in [-0.25, -0.2) is 4.98 Å². The van der Waals surface area contributed by atoms with E-state index in [4.69, 9.17) is 9.15 Å². The van der Waals surface area contributed by atoms with E-state index in [-0.39, 0.29) is 11.9 Å². The van der Waals surface area contributed by atoms with Crippen LogP contribution in [0.5, 0.6) is 0 Å². The minimum absolute atomic E-state index is 0.0790. The maximum absolute atomic E-state index is 12.4. The first-order valence-electron chi connectivity index (χ1n) is 8.94. The standard InChI is InChI=1S/C18H22N6O3/c1-12-15(5-8-27-12)17(25)21-13-3-6-23(7-4-13)16-9-14(10-26-2)22-18-19-11-20-24(16)18/h5,8-9,11,13H,3-4,6-7,10H2,1-2H3,(H,21,25). The first kappa shape index (κ1) is 17.5. The first-order valence-corrected chi connectivity index (χ1v) is 8.94. The number of carbonyl (C=O) groups excluding carboxylic acids is 1.